The Morgan fingerprint density at radius 1 is 0.625 bits per heavy atom. The van der Waals surface area contributed by atoms with Crippen LogP contribution in [0.3, 0.4) is 0 Å². The number of unbranched alkanes of at least 4 members (excludes halogenated alkanes) is 12. The molecule has 0 saturated heterocycles. The summed E-state index contributed by atoms with van der Waals surface area (Å²) in [6.45, 7) is 5.77. The maximum absolute atomic E-state index is 2.51. The summed E-state index contributed by atoms with van der Waals surface area (Å²) in [5.41, 5.74) is 0. The lowest BCUT2D eigenvalue weighted by Gasteiger charge is -2.30. The van der Waals surface area contributed by atoms with Crippen molar-refractivity contribution in [2.24, 2.45) is 0 Å². The maximum Gasteiger partial charge on any atom is 0.100 e. The van der Waals surface area contributed by atoms with Crippen LogP contribution in [0.4, 0.5) is 0 Å². The minimum Gasteiger partial charge on any atom is -0.359 e. The minimum atomic E-state index is 0.623. The Morgan fingerprint density at radius 2 is 1.12 bits per heavy atom. The number of rotatable bonds is 16. The molecule has 1 heterocycles. The summed E-state index contributed by atoms with van der Waals surface area (Å²) in [4.78, 5) is 4.90. The smallest absolute Gasteiger partial charge is 0.100 e. The Morgan fingerprint density at radius 3 is 1.62 bits per heavy atom. The van der Waals surface area contributed by atoms with Gasteiger partial charge in [-0.3, -0.25) is 0 Å². The fraction of sp³-hybridized carbons (Fsp3) is 0.909. The third-order valence-electron chi connectivity index (χ3n) is 5.39. The molecule has 0 bridgehead atoms. The van der Waals surface area contributed by atoms with Crippen LogP contribution in [0.5, 0.6) is 0 Å². The summed E-state index contributed by atoms with van der Waals surface area (Å²) in [5, 5.41) is 0. The van der Waals surface area contributed by atoms with Crippen LogP contribution >= 0.6 is 0 Å². The van der Waals surface area contributed by atoms with E-state index in [1.54, 1.807) is 0 Å². The molecule has 0 aliphatic carbocycles. The van der Waals surface area contributed by atoms with Gasteiger partial charge in [0.1, 0.15) is 6.17 Å². The average Bonchev–Trinajstić information content (AvgIpc) is 2.92. The maximum atomic E-state index is 2.51. The summed E-state index contributed by atoms with van der Waals surface area (Å²) >= 11 is 0. The second kappa shape index (κ2) is 14.7. The molecule has 0 amide bonds. The van der Waals surface area contributed by atoms with Crippen LogP contribution in [0.2, 0.25) is 0 Å². The lowest BCUT2D eigenvalue weighted by molar-refractivity contribution is 0.161. The molecule has 1 rings (SSSR count). The highest BCUT2D eigenvalue weighted by molar-refractivity contribution is 4.95. The number of hydrogen-bond donors (Lipinski definition) is 0. The number of hydrogen-bond acceptors (Lipinski definition) is 2. The molecular weight excluding hydrogens is 292 g/mol. The largest absolute Gasteiger partial charge is 0.359 e. The molecule has 142 valence electrons. The average molecular weight is 337 g/mol. The van der Waals surface area contributed by atoms with Gasteiger partial charge < -0.3 is 9.80 Å². The third kappa shape index (κ3) is 9.59. The first-order chi connectivity index (χ1) is 11.8. The van der Waals surface area contributed by atoms with Crippen molar-refractivity contribution in [3.63, 3.8) is 0 Å². The molecule has 1 unspecified atom stereocenters. The quantitative estimate of drug-likeness (QED) is 0.282. The van der Waals surface area contributed by atoms with Gasteiger partial charge in [-0.25, -0.2) is 0 Å². The minimum absolute atomic E-state index is 0.623. The van der Waals surface area contributed by atoms with E-state index >= 15 is 0 Å². The normalized spacial score (nSPS) is 17.2. The zero-order chi connectivity index (χ0) is 17.5. The van der Waals surface area contributed by atoms with Gasteiger partial charge in [-0.2, -0.15) is 0 Å². The molecule has 0 aromatic heterocycles. The molecule has 0 aromatic carbocycles. The van der Waals surface area contributed by atoms with Crippen LogP contribution in [0.25, 0.3) is 0 Å². The van der Waals surface area contributed by atoms with Gasteiger partial charge in [0.15, 0.2) is 0 Å². The van der Waals surface area contributed by atoms with Crippen molar-refractivity contribution in [1.29, 1.82) is 0 Å². The molecule has 0 N–H and O–H groups in total. The molecular formula is C22H44N2. The molecule has 0 fully saturated rings. The summed E-state index contributed by atoms with van der Waals surface area (Å²) in [7, 11) is 2.22. The molecule has 2 heteroatoms. The lowest BCUT2D eigenvalue weighted by Crippen LogP contribution is -2.36. The van der Waals surface area contributed by atoms with Crippen LogP contribution in [-0.2, 0) is 0 Å². The molecule has 2 nitrogen and oxygen atoms in total. The van der Waals surface area contributed by atoms with Gasteiger partial charge in [0, 0.05) is 26.0 Å². The van der Waals surface area contributed by atoms with Crippen LogP contribution in [-0.4, -0.2) is 29.6 Å². The SMILES string of the molecule is CCCCCCCCCCCCCCCC1N(C)C=CN1CCC. The summed E-state index contributed by atoms with van der Waals surface area (Å²) < 4.78 is 0. The predicted octanol–water partition coefficient (Wildman–Crippen LogP) is 6.92. The van der Waals surface area contributed by atoms with Gasteiger partial charge >= 0.3 is 0 Å². The highest BCUT2D eigenvalue weighted by atomic mass is 15.4. The summed E-state index contributed by atoms with van der Waals surface area (Å²) in [6, 6.07) is 0. The first-order valence-electron chi connectivity index (χ1n) is 11.0. The lowest BCUT2D eigenvalue weighted by atomic mass is 10.0. The zero-order valence-corrected chi connectivity index (χ0v) is 16.9. The predicted molar refractivity (Wildman–Crippen MR) is 108 cm³/mol. The van der Waals surface area contributed by atoms with E-state index in [-0.39, 0.29) is 0 Å². The second-order valence-corrected chi connectivity index (χ2v) is 7.71. The van der Waals surface area contributed by atoms with E-state index in [4.69, 9.17) is 0 Å². The fourth-order valence-corrected chi connectivity index (χ4v) is 3.82. The molecule has 1 aliphatic rings. The van der Waals surface area contributed by atoms with E-state index in [1.807, 2.05) is 0 Å². The molecule has 0 radical (unpaired) electrons. The molecule has 1 aliphatic heterocycles. The Bertz CT molecular complexity index is 300. The molecule has 0 spiro atoms. The Kier molecular flexibility index (Phi) is 13.1. The van der Waals surface area contributed by atoms with Gasteiger partial charge in [-0.15, -0.1) is 0 Å². The Hall–Kier alpha value is -0.660. The highest BCUT2D eigenvalue weighted by Crippen LogP contribution is 2.20. The highest BCUT2D eigenvalue weighted by Gasteiger charge is 2.21. The van der Waals surface area contributed by atoms with Crippen molar-refractivity contribution < 1.29 is 0 Å². The van der Waals surface area contributed by atoms with Crippen LogP contribution in [0.1, 0.15) is 110 Å². The molecule has 0 aromatic rings. The van der Waals surface area contributed by atoms with Gasteiger partial charge in [0.25, 0.3) is 0 Å². The summed E-state index contributed by atoms with van der Waals surface area (Å²) in [6.07, 6.45) is 26.4. The molecule has 0 saturated carbocycles. The fourth-order valence-electron chi connectivity index (χ4n) is 3.82. The third-order valence-corrected chi connectivity index (χ3v) is 5.39. The van der Waals surface area contributed by atoms with Crippen LogP contribution in [0.15, 0.2) is 12.4 Å². The van der Waals surface area contributed by atoms with Crippen molar-refractivity contribution in [2.75, 3.05) is 13.6 Å². The topological polar surface area (TPSA) is 6.48 Å². The van der Waals surface area contributed by atoms with E-state index in [0.717, 1.165) is 0 Å². The zero-order valence-electron chi connectivity index (χ0n) is 16.9. The van der Waals surface area contributed by atoms with Crippen LogP contribution < -0.4 is 0 Å². The van der Waals surface area contributed by atoms with Crippen molar-refractivity contribution in [3.05, 3.63) is 12.4 Å². The van der Waals surface area contributed by atoms with E-state index in [0.29, 0.717) is 6.17 Å². The second-order valence-electron chi connectivity index (χ2n) is 7.71. The van der Waals surface area contributed by atoms with Crippen molar-refractivity contribution in [3.8, 4) is 0 Å². The van der Waals surface area contributed by atoms with E-state index in [1.165, 1.54) is 103 Å². The van der Waals surface area contributed by atoms with Crippen LogP contribution in [0, 0.1) is 0 Å². The molecule has 24 heavy (non-hydrogen) atoms. The molecule has 1 atom stereocenters. The van der Waals surface area contributed by atoms with Gasteiger partial charge in [0.05, 0.1) is 0 Å². The Labute approximate surface area is 152 Å². The summed E-state index contributed by atoms with van der Waals surface area (Å²) in [5.74, 6) is 0. The van der Waals surface area contributed by atoms with Gasteiger partial charge in [0.2, 0.25) is 0 Å². The standard InChI is InChI=1S/C22H44N2/c1-4-6-7-8-9-10-11-12-13-14-15-16-17-18-22-23(3)20-21-24(22)19-5-2/h20-22H,4-19H2,1-3H3. The van der Waals surface area contributed by atoms with E-state index in [2.05, 4.69) is 43.1 Å². The van der Waals surface area contributed by atoms with E-state index in [9.17, 15) is 0 Å². The monoisotopic (exact) mass is 336 g/mol. The van der Waals surface area contributed by atoms with Crippen molar-refractivity contribution in [2.45, 2.75) is 116 Å². The number of nitrogens with zero attached hydrogens (tertiary/aromatic N) is 2. The van der Waals surface area contributed by atoms with E-state index < -0.39 is 0 Å². The van der Waals surface area contributed by atoms with Crippen molar-refractivity contribution >= 4 is 0 Å². The first kappa shape index (κ1) is 21.4. The Balaban J connectivity index is 1.85. The first-order valence-corrected chi connectivity index (χ1v) is 11.0. The van der Waals surface area contributed by atoms with Gasteiger partial charge in [-0.05, 0) is 19.3 Å². The van der Waals surface area contributed by atoms with Crippen molar-refractivity contribution in [1.82, 2.24) is 9.80 Å². The van der Waals surface area contributed by atoms with Gasteiger partial charge in [-0.1, -0.05) is 90.9 Å².